The van der Waals surface area contributed by atoms with Crippen molar-refractivity contribution in [2.24, 2.45) is 0 Å². The van der Waals surface area contributed by atoms with Gasteiger partial charge in [0, 0.05) is 30.3 Å². The lowest BCUT2D eigenvalue weighted by Crippen LogP contribution is -2.24. The van der Waals surface area contributed by atoms with Crippen LogP contribution in [-0.4, -0.2) is 32.7 Å². The first-order chi connectivity index (χ1) is 11.8. The number of anilines is 2. The molecule has 2 N–H and O–H groups in total. The summed E-state index contributed by atoms with van der Waals surface area (Å²) in [7, 11) is -2.15. The second-order valence-corrected chi connectivity index (χ2v) is 7.46. The summed E-state index contributed by atoms with van der Waals surface area (Å²) >= 11 is 0. The van der Waals surface area contributed by atoms with Crippen molar-refractivity contribution in [2.45, 2.75) is 12.3 Å². The van der Waals surface area contributed by atoms with Crippen LogP contribution in [0.15, 0.2) is 30.6 Å². The van der Waals surface area contributed by atoms with Crippen molar-refractivity contribution in [3.8, 4) is 5.75 Å². The number of carbonyl (C=O) groups is 1. The van der Waals surface area contributed by atoms with Gasteiger partial charge in [0.1, 0.15) is 11.6 Å². The Morgan fingerprint density at radius 1 is 1.36 bits per heavy atom. The van der Waals surface area contributed by atoms with E-state index in [0.29, 0.717) is 16.8 Å². The molecular weight excluding hydrogens is 349 g/mol. The maximum atomic E-state index is 14.2. The predicted molar refractivity (Wildman–Crippen MR) is 90.7 cm³/mol. The maximum absolute atomic E-state index is 14.2. The van der Waals surface area contributed by atoms with Crippen LogP contribution in [0.2, 0.25) is 0 Å². The van der Waals surface area contributed by atoms with Crippen LogP contribution in [0.25, 0.3) is 0 Å². The largest absolute Gasteiger partial charge is 0.494 e. The van der Waals surface area contributed by atoms with Gasteiger partial charge in [0.05, 0.1) is 25.2 Å². The van der Waals surface area contributed by atoms with Gasteiger partial charge in [-0.1, -0.05) is 0 Å². The van der Waals surface area contributed by atoms with Crippen molar-refractivity contribution >= 4 is 27.3 Å². The zero-order valence-corrected chi connectivity index (χ0v) is 14.4. The molecule has 0 saturated heterocycles. The minimum absolute atomic E-state index is 0.0403. The number of fused-ring (bicyclic) bond motifs is 1. The van der Waals surface area contributed by atoms with E-state index in [4.69, 9.17) is 4.74 Å². The number of methoxy groups -OCH3 is 1. The number of carbonyl (C=O) groups excluding carboxylic acids is 1. The molecule has 132 valence electrons. The topological polar surface area (TPSA) is 97.4 Å². The van der Waals surface area contributed by atoms with E-state index >= 15 is 0 Å². The third kappa shape index (κ3) is 3.55. The average molecular weight is 365 g/mol. The molecule has 3 rings (SSSR count). The van der Waals surface area contributed by atoms with Gasteiger partial charge >= 0.3 is 0 Å². The molecule has 0 fully saturated rings. The molecule has 1 aromatic heterocycles. The minimum atomic E-state index is -3.54. The van der Waals surface area contributed by atoms with Gasteiger partial charge in [-0.3, -0.25) is 14.5 Å². The van der Waals surface area contributed by atoms with Crippen LogP contribution in [0.4, 0.5) is 15.8 Å². The molecule has 0 bridgehead atoms. The third-order valence-corrected chi connectivity index (χ3v) is 4.48. The van der Waals surface area contributed by atoms with Crippen molar-refractivity contribution in [1.29, 1.82) is 0 Å². The van der Waals surface area contributed by atoms with Crippen LogP contribution in [-0.2, 0) is 14.8 Å². The molecule has 2 aromatic rings. The van der Waals surface area contributed by atoms with E-state index in [1.807, 2.05) is 0 Å². The van der Waals surface area contributed by atoms with Crippen molar-refractivity contribution in [1.82, 2.24) is 4.98 Å². The van der Waals surface area contributed by atoms with E-state index in [-0.39, 0.29) is 23.8 Å². The van der Waals surface area contributed by atoms with Crippen LogP contribution in [0.1, 0.15) is 23.5 Å². The lowest BCUT2D eigenvalue weighted by molar-refractivity contribution is -0.116. The molecule has 9 heteroatoms. The van der Waals surface area contributed by atoms with Gasteiger partial charge in [0.2, 0.25) is 15.9 Å². The number of benzene rings is 1. The Kier molecular flexibility index (Phi) is 4.34. The Hall–Kier alpha value is -2.68. The Bertz CT molecular complexity index is 946. The molecule has 1 aliphatic heterocycles. The molecule has 1 amide bonds. The standard InChI is InChI=1S/C16H16FN3O4S/c1-24-15-7-13-11(5-14(15)20-25(2,22)23)10(6-16(21)19-13)9-3-4-18-8-12(9)17/h3-5,7-8,10,20H,6H2,1-2H3,(H,19,21)/t10-/m0/s1. The first kappa shape index (κ1) is 17.2. The number of nitrogens with one attached hydrogen (secondary N) is 2. The second-order valence-electron chi connectivity index (χ2n) is 5.72. The first-order valence-electron chi connectivity index (χ1n) is 7.37. The summed E-state index contributed by atoms with van der Waals surface area (Å²) < 4.78 is 44.9. The molecule has 1 aromatic carbocycles. The first-order valence-corrected chi connectivity index (χ1v) is 9.26. The van der Waals surface area contributed by atoms with E-state index in [1.54, 1.807) is 6.07 Å². The molecule has 0 radical (unpaired) electrons. The van der Waals surface area contributed by atoms with Crippen LogP contribution in [0, 0.1) is 5.82 Å². The lowest BCUT2D eigenvalue weighted by Gasteiger charge is -2.27. The van der Waals surface area contributed by atoms with Crippen LogP contribution >= 0.6 is 0 Å². The number of ether oxygens (including phenoxy) is 1. The summed E-state index contributed by atoms with van der Waals surface area (Å²) in [5, 5.41) is 2.71. The van der Waals surface area contributed by atoms with Gasteiger partial charge in [-0.15, -0.1) is 0 Å². The van der Waals surface area contributed by atoms with Crippen molar-refractivity contribution in [2.75, 3.05) is 23.4 Å². The zero-order chi connectivity index (χ0) is 18.2. The normalized spacial score (nSPS) is 16.8. The number of aromatic nitrogens is 1. The molecular formula is C16H16FN3O4S. The molecule has 0 saturated carbocycles. The maximum Gasteiger partial charge on any atom is 0.229 e. The van der Waals surface area contributed by atoms with E-state index in [2.05, 4.69) is 15.0 Å². The quantitative estimate of drug-likeness (QED) is 0.864. The lowest BCUT2D eigenvalue weighted by atomic mass is 9.84. The molecule has 1 atom stereocenters. The second kappa shape index (κ2) is 6.32. The Morgan fingerprint density at radius 2 is 2.12 bits per heavy atom. The highest BCUT2D eigenvalue weighted by atomic mass is 32.2. The van der Waals surface area contributed by atoms with Gasteiger partial charge in [0.25, 0.3) is 0 Å². The Balaban J connectivity index is 2.17. The Labute approximate surface area is 144 Å². The van der Waals surface area contributed by atoms with Gasteiger partial charge in [0.15, 0.2) is 0 Å². The summed E-state index contributed by atoms with van der Waals surface area (Å²) in [5.41, 5.74) is 1.59. The fourth-order valence-electron chi connectivity index (χ4n) is 2.88. The number of amides is 1. The molecule has 0 aliphatic carbocycles. The number of hydrogen-bond donors (Lipinski definition) is 2. The summed E-state index contributed by atoms with van der Waals surface area (Å²) in [4.78, 5) is 15.8. The van der Waals surface area contributed by atoms with Crippen molar-refractivity contribution in [3.63, 3.8) is 0 Å². The number of hydrogen-bond acceptors (Lipinski definition) is 5. The van der Waals surface area contributed by atoms with E-state index in [0.717, 1.165) is 12.5 Å². The van der Waals surface area contributed by atoms with Crippen LogP contribution < -0.4 is 14.8 Å². The summed E-state index contributed by atoms with van der Waals surface area (Å²) in [5.74, 6) is -1.10. The highest BCUT2D eigenvalue weighted by Gasteiger charge is 2.30. The van der Waals surface area contributed by atoms with Gasteiger partial charge in [-0.2, -0.15) is 0 Å². The predicted octanol–water partition coefficient (Wildman–Crippen LogP) is 2.07. The van der Waals surface area contributed by atoms with Crippen LogP contribution in [0.5, 0.6) is 5.75 Å². The van der Waals surface area contributed by atoms with E-state index in [1.165, 1.54) is 25.4 Å². The van der Waals surface area contributed by atoms with Crippen molar-refractivity contribution < 1.29 is 22.3 Å². The minimum Gasteiger partial charge on any atom is -0.494 e. The molecule has 7 nitrogen and oxygen atoms in total. The number of nitrogens with zero attached hydrogens (tertiary/aromatic N) is 1. The zero-order valence-electron chi connectivity index (χ0n) is 13.5. The van der Waals surface area contributed by atoms with Gasteiger partial charge in [-0.05, 0) is 23.3 Å². The smallest absolute Gasteiger partial charge is 0.229 e. The number of pyridine rings is 1. The van der Waals surface area contributed by atoms with Crippen LogP contribution in [0.3, 0.4) is 0 Å². The van der Waals surface area contributed by atoms with Gasteiger partial charge < -0.3 is 10.1 Å². The highest BCUT2D eigenvalue weighted by molar-refractivity contribution is 7.92. The van der Waals surface area contributed by atoms with E-state index < -0.39 is 21.8 Å². The van der Waals surface area contributed by atoms with Gasteiger partial charge in [-0.25, -0.2) is 12.8 Å². The number of rotatable bonds is 4. The molecule has 0 unspecified atom stereocenters. The number of halogens is 1. The van der Waals surface area contributed by atoms with E-state index in [9.17, 15) is 17.6 Å². The van der Waals surface area contributed by atoms with Crippen molar-refractivity contribution in [3.05, 3.63) is 47.5 Å². The molecule has 0 spiro atoms. The fourth-order valence-corrected chi connectivity index (χ4v) is 3.44. The highest BCUT2D eigenvalue weighted by Crippen LogP contribution is 2.42. The summed E-state index contributed by atoms with van der Waals surface area (Å²) in [6.45, 7) is 0. The monoisotopic (exact) mass is 365 g/mol. The summed E-state index contributed by atoms with van der Waals surface area (Å²) in [6.07, 6.45) is 3.59. The molecule has 2 heterocycles. The molecule has 25 heavy (non-hydrogen) atoms. The fraction of sp³-hybridized carbons (Fsp3) is 0.250. The summed E-state index contributed by atoms with van der Waals surface area (Å²) in [6, 6.07) is 4.58. The molecule has 1 aliphatic rings. The number of sulfonamides is 1. The third-order valence-electron chi connectivity index (χ3n) is 3.89. The SMILES string of the molecule is COc1cc2c(cc1NS(C)(=O)=O)[C@H](c1ccncc1F)CC(=O)N2. The Morgan fingerprint density at radius 3 is 2.76 bits per heavy atom. The average Bonchev–Trinajstić information content (AvgIpc) is 2.53.